The Hall–Kier alpha value is -1.95. The van der Waals surface area contributed by atoms with Crippen LogP contribution in [0.5, 0.6) is 0 Å². The SMILES string of the molecule is CCc1cnc(N[C@H]2CC[C@H](N)CC2)nc1-c1ncn(C)c1CC1CC1. The number of nitrogens with zero attached hydrogens (tertiary/aromatic N) is 4. The molecule has 2 aliphatic rings. The Morgan fingerprint density at radius 3 is 2.58 bits per heavy atom. The molecule has 2 heterocycles. The molecule has 0 amide bonds. The summed E-state index contributed by atoms with van der Waals surface area (Å²) >= 11 is 0. The van der Waals surface area contributed by atoms with E-state index >= 15 is 0 Å². The van der Waals surface area contributed by atoms with Crippen molar-refractivity contribution in [2.24, 2.45) is 18.7 Å². The van der Waals surface area contributed by atoms with E-state index in [-0.39, 0.29) is 0 Å². The van der Waals surface area contributed by atoms with Crippen LogP contribution in [-0.2, 0) is 19.9 Å². The third-order valence-corrected chi connectivity index (χ3v) is 5.81. The fraction of sp³-hybridized carbons (Fsp3) is 0.650. The minimum atomic E-state index is 0.352. The number of nitrogens with one attached hydrogen (secondary N) is 1. The average Bonchev–Trinajstić information content (AvgIpc) is 3.40. The second-order valence-electron chi connectivity index (χ2n) is 7.98. The molecule has 3 N–H and O–H groups in total. The minimum Gasteiger partial charge on any atom is -0.351 e. The van der Waals surface area contributed by atoms with Crippen LogP contribution in [0.25, 0.3) is 11.4 Å². The number of anilines is 1. The molecular weight excluding hydrogens is 324 g/mol. The highest BCUT2D eigenvalue weighted by Gasteiger charge is 2.26. The fourth-order valence-corrected chi connectivity index (χ4v) is 3.88. The second-order valence-corrected chi connectivity index (χ2v) is 7.98. The first-order valence-corrected chi connectivity index (χ1v) is 10.0. The lowest BCUT2D eigenvalue weighted by Gasteiger charge is -2.27. The lowest BCUT2D eigenvalue weighted by atomic mass is 9.92. The first-order chi connectivity index (χ1) is 12.6. The van der Waals surface area contributed by atoms with Gasteiger partial charge in [0.15, 0.2) is 0 Å². The maximum atomic E-state index is 6.02. The molecule has 26 heavy (non-hydrogen) atoms. The number of imidazole rings is 1. The summed E-state index contributed by atoms with van der Waals surface area (Å²) < 4.78 is 2.16. The number of hydrogen-bond acceptors (Lipinski definition) is 5. The second kappa shape index (κ2) is 7.35. The molecule has 0 aliphatic heterocycles. The van der Waals surface area contributed by atoms with Crippen LogP contribution in [0.1, 0.15) is 56.7 Å². The highest BCUT2D eigenvalue weighted by Crippen LogP contribution is 2.35. The molecule has 140 valence electrons. The average molecular weight is 355 g/mol. The van der Waals surface area contributed by atoms with Gasteiger partial charge in [-0.15, -0.1) is 0 Å². The van der Waals surface area contributed by atoms with Crippen molar-refractivity contribution in [3.8, 4) is 11.4 Å². The third-order valence-electron chi connectivity index (χ3n) is 5.81. The van der Waals surface area contributed by atoms with Crippen molar-refractivity contribution in [2.75, 3.05) is 5.32 Å². The molecular formula is C20H30N6. The zero-order chi connectivity index (χ0) is 18.1. The van der Waals surface area contributed by atoms with Gasteiger partial charge in [0, 0.05) is 31.0 Å². The molecule has 0 saturated heterocycles. The molecule has 0 bridgehead atoms. The Kier molecular flexibility index (Phi) is 4.94. The molecule has 6 nitrogen and oxygen atoms in total. The summed E-state index contributed by atoms with van der Waals surface area (Å²) in [4.78, 5) is 14.2. The standard InChI is InChI=1S/C20H30N6/c1-3-14-11-22-20(24-16-8-6-15(21)7-9-16)25-18(14)19-17(10-13-4-5-13)26(2)12-23-19/h11-13,15-16H,3-10,21H2,1-2H3,(H,22,24,25)/t15-,16-. The van der Waals surface area contributed by atoms with Crippen LogP contribution in [0, 0.1) is 5.92 Å². The summed E-state index contributed by atoms with van der Waals surface area (Å²) in [6.07, 6.45) is 12.9. The summed E-state index contributed by atoms with van der Waals surface area (Å²) in [5, 5.41) is 3.53. The zero-order valence-corrected chi connectivity index (χ0v) is 15.9. The summed E-state index contributed by atoms with van der Waals surface area (Å²) in [5.41, 5.74) is 10.5. The van der Waals surface area contributed by atoms with Crippen molar-refractivity contribution in [3.63, 3.8) is 0 Å². The molecule has 2 saturated carbocycles. The van der Waals surface area contributed by atoms with E-state index in [9.17, 15) is 0 Å². The van der Waals surface area contributed by atoms with E-state index in [0.717, 1.165) is 67.3 Å². The normalized spacial score (nSPS) is 23.2. The van der Waals surface area contributed by atoms with Gasteiger partial charge in [-0.2, -0.15) is 0 Å². The predicted octanol–water partition coefficient (Wildman–Crippen LogP) is 3.07. The number of hydrogen-bond donors (Lipinski definition) is 2. The van der Waals surface area contributed by atoms with Crippen LogP contribution >= 0.6 is 0 Å². The molecule has 6 heteroatoms. The Bertz CT molecular complexity index is 756. The van der Waals surface area contributed by atoms with Crippen LogP contribution in [0.4, 0.5) is 5.95 Å². The van der Waals surface area contributed by atoms with Crippen LogP contribution in [0.2, 0.25) is 0 Å². The van der Waals surface area contributed by atoms with E-state index in [0.29, 0.717) is 12.1 Å². The van der Waals surface area contributed by atoms with Crippen LogP contribution in [0.3, 0.4) is 0 Å². The van der Waals surface area contributed by atoms with Gasteiger partial charge in [0.05, 0.1) is 12.0 Å². The fourth-order valence-electron chi connectivity index (χ4n) is 3.88. The highest BCUT2D eigenvalue weighted by atomic mass is 15.1. The van der Waals surface area contributed by atoms with E-state index in [4.69, 9.17) is 15.7 Å². The first-order valence-electron chi connectivity index (χ1n) is 10.0. The summed E-state index contributed by atoms with van der Waals surface area (Å²) in [5.74, 6) is 1.54. The quantitative estimate of drug-likeness (QED) is 0.833. The third kappa shape index (κ3) is 3.75. The largest absolute Gasteiger partial charge is 0.351 e. The molecule has 2 aromatic heterocycles. The lowest BCUT2D eigenvalue weighted by Crippen LogP contribution is -2.33. The van der Waals surface area contributed by atoms with Gasteiger partial charge in [0.25, 0.3) is 0 Å². The smallest absolute Gasteiger partial charge is 0.223 e. The zero-order valence-electron chi connectivity index (χ0n) is 15.9. The van der Waals surface area contributed by atoms with Gasteiger partial charge in [0.2, 0.25) is 5.95 Å². The maximum Gasteiger partial charge on any atom is 0.223 e. The number of rotatable bonds is 6. The van der Waals surface area contributed by atoms with Gasteiger partial charge < -0.3 is 15.6 Å². The van der Waals surface area contributed by atoms with Crippen molar-refractivity contribution >= 4 is 5.95 Å². The number of aryl methyl sites for hydroxylation is 2. The summed E-state index contributed by atoms with van der Waals surface area (Å²) in [6, 6.07) is 0.773. The Labute approximate surface area is 155 Å². The topological polar surface area (TPSA) is 81.7 Å². The van der Waals surface area contributed by atoms with Gasteiger partial charge >= 0.3 is 0 Å². The van der Waals surface area contributed by atoms with Crippen molar-refractivity contribution in [1.82, 2.24) is 19.5 Å². The van der Waals surface area contributed by atoms with Crippen molar-refractivity contribution in [3.05, 3.63) is 23.8 Å². The minimum absolute atomic E-state index is 0.352. The highest BCUT2D eigenvalue weighted by molar-refractivity contribution is 5.63. The van der Waals surface area contributed by atoms with Crippen molar-refractivity contribution in [2.45, 2.75) is 70.4 Å². The van der Waals surface area contributed by atoms with E-state index in [1.807, 2.05) is 12.5 Å². The Morgan fingerprint density at radius 2 is 1.88 bits per heavy atom. The molecule has 2 fully saturated rings. The van der Waals surface area contributed by atoms with E-state index in [1.54, 1.807) is 0 Å². The molecule has 4 rings (SSSR count). The van der Waals surface area contributed by atoms with Crippen LogP contribution < -0.4 is 11.1 Å². The molecule has 0 aromatic carbocycles. The van der Waals surface area contributed by atoms with Crippen molar-refractivity contribution in [1.29, 1.82) is 0 Å². The Balaban J connectivity index is 1.60. The molecule has 0 spiro atoms. The van der Waals surface area contributed by atoms with Gasteiger partial charge in [-0.05, 0) is 62.8 Å². The molecule has 0 atom stereocenters. The van der Waals surface area contributed by atoms with E-state index in [1.165, 1.54) is 18.5 Å². The first kappa shape index (κ1) is 17.5. The van der Waals surface area contributed by atoms with Gasteiger partial charge in [-0.25, -0.2) is 15.0 Å². The number of nitrogens with two attached hydrogens (primary N) is 1. The van der Waals surface area contributed by atoms with Crippen molar-refractivity contribution < 1.29 is 0 Å². The Morgan fingerprint density at radius 1 is 1.12 bits per heavy atom. The van der Waals surface area contributed by atoms with Crippen LogP contribution in [0.15, 0.2) is 12.5 Å². The number of aromatic nitrogens is 4. The predicted molar refractivity (Wildman–Crippen MR) is 104 cm³/mol. The molecule has 0 radical (unpaired) electrons. The summed E-state index contributed by atoms with van der Waals surface area (Å²) in [6.45, 7) is 2.15. The summed E-state index contributed by atoms with van der Waals surface area (Å²) in [7, 11) is 2.09. The van der Waals surface area contributed by atoms with E-state index < -0.39 is 0 Å². The monoisotopic (exact) mass is 354 g/mol. The molecule has 2 aliphatic carbocycles. The van der Waals surface area contributed by atoms with Crippen LogP contribution in [-0.4, -0.2) is 31.6 Å². The molecule has 0 unspecified atom stereocenters. The van der Waals surface area contributed by atoms with Gasteiger partial charge in [0.1, 0.15) is 5.69 Å². The van der Waals surface area contributed by atoms with E-state index in [2.05, 4.69) is 28.8 Å². The lowest BCUT2D eigenvalue weighted by molar-refractivity contribution is 0.410. The van der Waals surface area contributed by atoms with Gasteiger partial charge in [-0.1, -0.05) is 6.92 Å². The van der Waals surface area contributed by atoms with Gasteiger partial charge in [-0.3, -0.25) is 0 Å². The maximum absolute atomic E-state index is 6.02. The molecule has 2 aromatic rings.